The molecule has 0 radical (unpaired) electrons. The predicted octanol–water partition coefficient (Wildman–Crippen LogP) is 5.86. The van der Waals surface area contributed by atoms with Gasteiger partial charge in [-0.3, -0.25) is 4.79 Å². The van der Waals surface area contributed by atoms with E-state index in [0.29, 0.717) is 21.3 Å². The van der Waals surface area contributed by atoms with E-state index in [1.54, 1.807) is 24.3 Å². The van der Waals surface area contributed by atoms with Crippen molar-refractivity contribution >= 4 is 45.8 Å². The van der Waals surface area contributed by atoms with Crippen LogP contribution in [0.25, 0.3) is 11.0 Å². The van der Waals surface area contributed by atoms with Crippen molar-refractivity contribution < 1.29 is 9.21 Å². The van der Waals surface area contributed by atoms with Gasteiger partial charge < -0.3 is 9.73 Å². The smallest absolute Gasteiger partial charge is 0.258 e. The quantitative estimate of drug-likeness (QED) is 0.644. The Bertz CT molecular complexity index is 879. The van der Waals surface area contributed by atoms with Crippen molar-refractivity contribution in [3.05, 3.63) is 63.3 Å². The van der Waals surface area contributed by atoms with E-state index < -0.39 is 0 Å². The lowest BCUT2D eigenvalue weighted by atomic mass is 10.1. The van der Waals surface area contributed by atoms with E-state index in [0.717, 1.165) is 23.1 Å². The first kappa shape index (κ1) is 15.9. The third kappa shape index (κ3) is 2.82. The Balaban J connectivity index is 2.03. The molecule has 1 amide bonds. The summed E-state index contributed by atoms with van der Waals surface area (Å²) in [4.78, 5) is 12.5. The lowest BCUT2D eigenvalue weighted by molar-refractivity contribution is 0.102. The van der Waals surface area contributed by atoms with Crippen LogP contribution >= 0.6 is 23.2 Å². The van der Waals surface area contributed by atoms with Gasteiger partial charge in [0.15, 0.2) is 5.58 Å². The second-order valence-electron chi connectivity index (χ2n) is 5.24. The number of carbonyl (C=O) groups excluding carboxylic acids is 1. The number of hydrogen-bond acceptors (Lipinski definition) is 2. The van der Waals surface area contributed by atoms with Gasteiger partial charge in [-0.2, -0.15) is 0 Å². The van der Waals surface area contributed by atoms with Crippen molar-refractivity contribution in [1.29, 1.82) is 0 Å². The molecule has 5 heteroatoms. The summed E-state index contributed by atoms with van der Waals surface area (Å²) in [5.74, 6) is 0.553. The SMILES string of the molecule is CCc1oc2c(NC(=O)c3c(Cl)cccc3Cl)cccc2c1C. The topological polar surface area (TPSA) is 42.2 Å². The zero-order valence-corrected chi connectivity index (χ0v) is 14.3. The monoisotopic (exact) mass is 347 g/mol. The van der Waals surface area contributed by atoms with Gasteiger partial charge in [-0.05, 0) is 30.7 Å². The van der Waals surface area contributed by atoms with Crippen molar-refractivity contribution in [3.63, 3.8) is 0 Å². The van der Waals surface area contributed by atoms with Gasteiger partial charge in [-0.1, -0.05) is 48.3 Å². The van der Waals surface area contributed by atoms with Gasteiger partial charge in [0.05, 0.1) is 21.3 Å². The number of nitrogens with one attached hydrogen (secondary N) is 1. The third-order valence-electron chi connectivity index (χ3n) is 3.82. The largest absolute Gasteiger partial charge is 0.459 e. The Morgan fingerprint density at radius 2 is 1.78 bits per heavy atom. The molecule has 0 aliphatic carbocycles. The first-order valence-electron chi connectivity index (χ1n) is 7.29. The molecule has 0 fully saturated rings. The molecule has 118 valence electrons. The molecular weight excluding hydrogens is 333 g/mol. The number of aryl methyl sites for hydroxylation is 2. The van der Waals surface area contributed by atoms with Crippen molar-refractivity contribution in [2.45, 2.75) is 20.3 Å². The number of halogens is 2. The molecule has 3 nitrogen and oxygen atoms in total. The standard InChI is InChI=1S/C18H15Cl2NO2/c1-3-15-10(2)11-6-4-9-14(17(11)23-15)21-18(22)16-12(19)7-5-8-13(16)20/h4-9H,3H2,1-2H3,(H,21,22). The second kappa shape index (κ2) is 6.26. The number of para-hydroxylation sites is 1. The molecule has 0 aliphatic rings. The fourth-order valence-electron chi connectivity index (χ4n) is 2.63. The van der Waals surface area contributed by atoms with E-state index in [1.165, 1.54) is 0 Å². The molecule has 3 aromatic rings. The highest BCUT2D eigenvalue weighted by Gasteiger charge is 2.18. The molecule has 0 aliphatic heterocycles. The number of anilines is 1. The Labute approximate surface area is 144 Å². The third-order valence-corrected chi connectivity index (χ3v) is 4.45. The average Bonchev–Trinajstić information content (AvgIpc) is 2.85. The summed E-state index contributed by atoms with van der Waals surface area (Å²) in [6, 6.07) is 10.6. The van der Waals surface area contributed by atoms with Crippen LogP contribution < -0.4 is 5.32 Å². The lowest BCUT2D eigenvalue weighted by Gasteiger charge is -2.08. The first-order chi connectivity index (χ1) is 11.0. The molecule has 3 rings (SSSR count). The summed E-state index contributed by atoms with van der Waals surface area (Å²) < 4.78 is 5.90. The minimum atomic E-state index is -0.361. The van der Waals surface area contributed by atoms with Crippen LogP contribution in [0.2, 0.25) is 10.0 Å². The van der Waals surface area contributed by atoms with Gasteiger partial charge >= 0.3 is 0 Å². The van der Waals surface area contributed by atoms with Crippen LogP contribution in [-0.4, -0.2) is 5.91 Å². The van der Waals surface area contributed by atoms with Gasteiger partial charge in [0, 0.05) is 11.8 Å². The molecule has 1 aromatic heterocycles. The number of amides is 1. The lowest BCUT2D eigenvalue weighted by Crippen LogP contribution is -2.13. The van der Waals surface area contributed by atoms with Crippen LogP contribution in [0.5, 0.6) is 0 Å². The molecule has 0 atom stereocenters. The number of carbonyl (C=O) groups is 1. The number of benzene rings is 2. The highest BCUT2D eigenvalue weighted by molar-refractivity contribution is 6.40. The minimum absolute atomic E-state index is 0.256. The van der Waals surface area contributed by atoms with E-state index in [-0.39, 0.29) is 11.5 Å². The number of hydrogen-bond donors (Lipinski definition) is 1. The van der Waals surface area contributed by atoms with Gasteiger partial charge in [0.25, 0.3) is 5.91 Å². The fourth-order valence-corrected chi connectivity index (χ4v) is 3.20. The van der Waals surface area contributed by atoms with E-state index in [9.17, 15) is 4.79 Å². The molecular formula is C18H15Cl2NO2. The van der Waals surface area contributed by atoms with Gasteiger partial charge in [0.1, 0.15) is 5.76 Å². The molecule has 0 saturated heterocycles. The maximum Gasteiger partial charge on any atom is 0.258 e. The zero-order chi connectivity index (χ0) is 16.6. The maximum absolute atomic E-state index is 12.5. The summed E-state index contributed by atoms with van der Waals surface area (Å²) in [7, 11) is 0. The van der Waals surface area contributed by atoms with E-state index in [1.807, 2.05) is 26.0 Å². The van der Waals surface area contributed by atoms with Crippen LogP contribution in [0, 0.1) is 6.92 Å². The predicted molar refractivity (Wildman–Crippen MR) is 94.7 cm³/mol. The Hall–Kier alpha value is -1.97. The van der Waals surface area contributed by atoms with Crippen LogP contribution in [0.4, 0.5) is 5.69 Å². The van der Waals surface area contributed by atoms with E-state index >= 15 is 0 Å². The summed E-state index contributed by atoms with van der Waals surface area (Å²) in [6.45, 7) is 4.05. The fraction of sp³-hybridized carbons (Fsp3) is 0.167. The Morgan fingerprint density at radius 1 is 1.13 bits per heavy atom. The summed E-state index contributed by atoms with van der Waals surface area (Å²) in [6.07, 6.45) is 0.796. The molecule has 0 unspecified atom stereocenters. The highest BCUT2D eigenvalue weighted by Crippen LogP contribution is 2.32. The molecule has 2 aromatic carbocycles. The molecule has 1 N–H and O–H groups in total. The van der Waals surface area contributed by atoms with Crippen LogP contribution in [0.1, 0.15) is 28.6 Å². The van der Waals surface area contributed by atoms with Crippen molar-refractivity contribution in [2.24, 2.45) is 0 Å². The Morgan fingerprint density at radius 3 is 2.43 bits per heavy atom. The van der Waals surface area contributed by atoms with Gasteiger partial charge in [-0.25, -0.2) is 0 Å². The molecule has 0 bridgehead atoms. The molecule has 1 heterocycles. The second-order valence-corrected chi connectivity index (χ2v) is 6.05. The van der Waals surface area contributed by atoms with Crippen LogP contribution in [0.3, 0.4) is 0 Å². The van der Waals surface area contributed by atoms with Gasteiger partial charge in [-0.15, -0.1) is 0 Å². The maximum atomic E-state index is 12.5. The van der Waals surface area contributed by atoms with Crippen molar-refractivity contribution in [3.8, 4) is 0 Å². The van der Waals surface area contributed by atoms with Crippen molar-refractivity contribution in [2.75, 3.05) is 5.32 Å². The molecule has 0 spiro atoms. The summed E-state index contributed by atoms with van der Waals surface area (Å²) >= 11 is 12.2. The minimum Gasteiger partial charge on any atom is -0.459 e. The summed E-state index contributed by atoms with van der Waals surface area (Å²) in [5, 5.41) is 4.46. The number of rotatable bonds is 3. The number of fused-ring (bicyclic) bond motifs is 1. The van der Waals surface area contributed by atoms with E-state index in [4.69, 9.17) is 27.6 Å². The Kier molecular flexibility index (Phi) is 4.33. The van der Waals surface area contributed by atoms with E-state index in [2.05, 4.69) is 5.32 Å². The van der Waals surface area contributed by atoms with Crippen LogP contribution in [-0.2, 0) is 6.42 Å². The first-order valence-corrected chi connectivity index (χ1v) is 8.04. The summed E-state index contributed by atoms with van der Waals surface area (Å²) in [5.41, 5.74) is 2.62. The normalized spacial score (nSPS) is 11.0. The highest BCUT2D eigenvalue weighted by atomic mass is 35.5. The van der Waals surface area contributed by atoms with Gasteiger partial charge in [0.2, 0.25) is 0 Å². The number of furan rings is 1. The van der Waals surface area contributed by atoms with Crippen LogP contribution in [0.15, 0.2) is 40.8 Å². The molecule has 0 saturated carbocycles. The molecule has 23 heavy (non-hydrogen) atoms. The zero-order valence-electron chi connectivity index (χ0n) is 12.7. The average molecular weight is 348 g/mol. The van der Waals surface area contributed by atoms with Crippen molar-refractivity contribution in [1.82, 2.24) is 0 Å².